The molecule has 4 rings (SSSR count). The van der Waals surface area contributed by atoms with Crippen molar-refractivity contribution in [2.75, 3.05) is 5.32 Å². The average molecular weight is 320 g/mol. The second-order valence-corrected chi connectivity index (χ2v) is 5.56. The smallest absolute Gasteiger partial charge is 0.225 e. The van der Waals surface area contributed by atoms with E-state index in [0.717, 1.165) is 22.4 Å². The quantitative estimate of drug-likeness (QED) is 0.620. The van der Waals surface area contributed by atoms with Crippen LogP contribution in [0.4, 0.5) is 5.95 Å². The standard InChI is InChI=1S/C16H16N8/c1-11(12-3-5-13(6-4-12)24-9-17-8-20-24)21-16-18-7-14-15(22-16)23(2)10-19-14/h3-11H,1-2H3,(H,18,21,22). The summed E-state index contributed by atoms with van der Waals surface area (Å²) in [6.07, 6.45) is 6.65. The normalized spacial score (nSPS) is 12.4. The molecule has 8 nitrogen and oxygen atoms in total. The first-order chi connectivity index (χ1) is 11.7. The Hall–Kier alpha value is -3.29. The van der Waals surface area contributed by atoms with Crippen molar-refractivity contribution in [1.29, 1.82) is 0 Å². The fraction of sp³-hybridized carbons (Fsp3) is 0.188. The Labute approximate surface area is 138 Å². The lowest BCUT2D eigenvalue weighted by molar-refractivity contribution is 0.849. The highest BCUT2D eigenvalue weighted by atomic mass is 15.3. The molecule has 4 aromatic rings. The molecule has 1 N–H and O–H groups in total. The molecular formula is C16H16N8. The predicted molar refractivity (Wildman–Crippen MR) is 89.7 cm³/mol. The van der Waals surface area contributed by atoms with Gasteiger partial charge in [-0.2, -0.15) is 10.1 Å². The zero-order valence-electron chi connectivity index (χ0n) is 13.3. The number of imidazole rings is 1. The van der Waals surface area contributed by atoms with Crippen molar-refractivity contribution in [3.8, 4) is 5.69 Å². The molecule has 0 bridgehead atoms. The Morgan fingerprint density at radius 1 is 1.08 bits per heavy atom. The van der Waals surface area contributed by atoms with Crippen molar-refractivity contribution in [2.24, 2.45) is 7.05 Å². The molecule has 8 heteroatoms. The Balaban J connectivity index is 1.54. The molecular weight excluding hydrogens is 304 g/mol. The Kier molecular flexibility index (Phi) is 3.42. The van der Waals surface area contributed by atoms with Crippen molar-refractivity contribution in [3.63, 3.8) is 0 Å². The van der Waals surface area contributed by atoms with Crippen molar-refractivity contribution >= 4 is 17.1 Å². The maximum Gasteiger partial charge on any atom is 0.225 e. The van der Waals surface area contributed by atoms with Crippen LogP contribution in [0.3, 0.4) is 0 Å². The van der Waals surface area contributed by atoms with E-state index in [9.17, 15) is 0 Å². The lowest BCUT2D eigenvalue weighted by Crippen LogP contribution is -2.10. The molecule has 0 fully saturated rings. The van der Waals surface area contributed by atoms with Crippen LogP contribution >= 0.6 is 0 Å². The van der Waals surface area contributed by atoms with Crippen LogP contribution < -0.4 is 5.32 Å². The van der Waals surface area contributed by atoms with E-state index in [-0.39, 0.29) is 6.04 Å². The number of rotatable bonds is 4. The molecule has 0 aliphatic rings. The minimum absolute atomic E-state index is 0.0699. The van der Waals surface area contributed by atoms with Gasteiger partial charge in [-0.15, -0.1) is 0 Å². The molecule has 0 saturated carbocycles. The van der Waals surface area contributed by atoms with Crippen LogP contribution in [0.1, 0.15) is 18.5 Å². The first-order valence-corrected chi connectivity index (χ1v) is 7.56. The number of fused-ring (bicyclic) bond motifs is 1. The first-order valence-electron chi connectivity index (χ1n) is 7.56. The van der Waals surface area contributed by atoms with Crippen LogP contribution in [0.15, 0.2) is 49.4 Å². The number of aryl methyl sites for hydroxylation is 1. The summed E-state index contributed by atoms with van der Waals surface area (Å²) in [5.41, 5.74) is 3.69. The summed E-state index contributed by atoms with van der Waals surface area (Å²) in [5.74, 6) is 0.582. The molecule has 0 saturated heterocycles. The van der Waals surface area contributed by atoms with E-state index < -0.39 is 0 Å². The summed E-state index contributed by atoms with van der Waals surface area (Å²) in [5, 5.41) is 7.45. The van der Waals surface area contributed by atoms with Gasteiger partial charge in [0, 0.05) is 7.05 Å². The van der Waals surface area contributed by atoms with Gasteiger partial charge >= 0.3 is 0 Å². The van der Waals surface area contributed by atoms with E-state index >= 15 is 0 Å². The number of nitrogens with zero attached hydrogens (tertiary/aromatic N) is 7. The van der Waals surface area contributed by atoms with E-state index in [0.29, 0.717) is 5.95 Å². The molecule has 0 aliphatic carbocycles. The summed E-state index contributed by atoms with van der Waals surface area (Å²) in [4.78, 5) is 17.0. The van der Waals surface area contributed by atoms with Gasteiger partial charge in [-0.1, -0.05) is 12.1 Å². The third-order valence-electron chi connectivity index (χ3n) is 3.88. The molecule has 0 spiro atoms. The third-order valence-corrected chi connectivity index (χ3v) is 3.88. The van der Waals surface area contributed by atoms with E-state index in [1.165, 1.54) is 6.33 Å². The van der Waals surface area contributed by atoms with E-state index in [1.807, 2.05) is 23.7 Å². The second kappa shape index (κ2) is 5.73. The zero-order valence-corrected chi connectivity index (χ0v) is 13.3. The highest BCUT2D eigenvalue weighted by Gasteiger charge is 2.09. The van der Waals surface area contributed by atoms with Crippen molar-refractivity contribution < 1.29 is 0 Å². The number of nitrogens with one attached hydrogen (secondary N) is 1. The molecule has 120 valence electrons. The minimum atomic E-state index is 0.0699. The fourth-order valence-electron chi connectivity index (χ4n) is 2.52. The summed E-state index contributed by atoms with van der Waals surface area (Å²) in [6, 6.07) is 8.19. The molecule has 3 aromatic heterocycles. The zero-order chi connectivity index (χ0) is 16.5. The monoisotopic (exact) mass is 320 g/mol. The lowest BCUT2D eigenvalue weighted by atomic mass is 10.1. The summed E-state index contributed by atoms with van der Waals surface area (Å²) < 4.78 is 3.60. The average Bonchev–Trinajstić information content (AvgIpc) is 3.26. The molecule has 1 aromatic carbocycles. The van der Waals surface area contributed by atoms with E-state index in [4.69, 9.17) is 0 Å². The SMILES string of the molecule is CC(Nc1ncc2ncn(C)c2n1)c1ccc(-n2cncn2)cc1. The molecule has 0 aliphatic heterocycles. The fourth-order valence-corrected chi connectivity index (χ4v) is 2.52. The summed E-state index contributed by atoms with van der Waals surface area (Å²) >= 11 is 0. The summed E-state index contributed by atoms with van der Waals surface area (Å²) in [6.45, 7) is 2.07. The van der Waals surface area contributed by atoms with Gasteiger partial charge in [0.25, 0.3) is 0 Å². The van der Waals surface area contributed by atoms with Gasteiger partial charge in [-0.25, -0.2) is 19.6 Å². The van der Waals surface area contributed by atoms with Gasteiger partial charge in [-0.3, -0.25) is 0 Å². The van der Waals surface area contributed by atoms with E-state index in [1.54, 1.807) is 23.5 Å². The number of aromatic nitrogens is 7. The molecule has 0 radical (unpaired) electrons. The van der Waals surface area contributed by atoms with Gasteiger partial charge in [0.1, 0.15) is 18.2 Å². The van der Waals surface area contributed by atoms with Crippen molar-refractivity contribution in [1.82, 2.24) is 34.3 Å². The third kappa shape index (κ3) is 2.58. The van der Waals surface area contributed by atoms with Gasteiger partial charge in [-0.05, 0) is 24.6 Å². The van der Waals surface area contributed by atoms with Gasteiger partial charge in [0.15, 0.2) is 5.65 Å². The number of hydrogen-bond donors (Lipinski definition) is 1. The molecule has 0 amide bonds. The molecule has 24 heavy (non-hydrogen) atoms. The number of benzene rings is 1. The van der Waals surface area contributed by atoms with Crippen molar-refractivity contribution in [3.05, 3.63) is 55.0 Å². The van der Waals surface area contributed by atoms with Crippen LogP contribution in [0.5, 0.6) is 0 Å². The topological polar surface area (TPSA) is 86.3 Å². The first kappa shape index (κ1) is 14.3. The molecule has 1 unspecified atom stereocenters. The van der Waals surface area contributed by atoms with Crippen LogP contribution in [-0.4, -0.2) is 34.3 Å². The maximum absolute atomic E-state index is 4.51. The largest absolute Gasteiger partial charge is 0.348 e. The number of hydrogen-bond acceptors (Lipinski definition) is 6. The predicted octanol–water partition coefficient (Wildman–Crippen LogP) is 2.12. The van der Waals surface area contributed by atoms with Crippen LogP contribution in [0.2, 0.25) is 0 Å². The Morgan fingerprint density at radius 2 is 1.92 bits per heavy atom. The van der Waals surface area contributed by atoms with Gasteiger partial charge in [0.2, 0.25) is 5.95 Å². The van der Waals surface area contributed by atoms with Crippen LogP contribution in [-0.2, 0) is 7.05 Å². The molecule has 1 atom stereocenters. The van der Waals surface area contributed by atoms with Crippen molar-refractivity contribution in [2.45, 2.75) is 13.0 Å². The van der Waals surface area contributed by atoms with Gasteiger partial charge in [0.05, 0.1) is 24.3 Å². The lowest BCUT2D eigenvalue weighted by Gasteiger charge is -2.14. The minimum Gasteiger partial charge on any atom is -0.348 e. The summed E-state index contributed by atoms with van der Waals surface area (Å²) in [7, 11) is 1.92. The molecule has 3 heterocycles. The highest BCUT2D eigenvalue weighted by molar-refractivity contribution is 5.70. The Bertz CT molecular complexity index is 956. The highest BCUT2D eigenvalue weighted by Crippen LogP contribution is 2.19. The Morgan fingerprint density at radius 3 is 2.67 bits per heavy atom. The number of anilines is 1. The maximum atomic E-state index is 4.51. The van der Waals surface area contributed by atoms with Crippen LogP contribution in [0, 0.1) is 0 Å². The van der Waals surface area contributed by atoms with Crippen LogP contribution in [0.25, 0.3) is 16.9 Å². The van der Waals surface area contributed by atoms with E-state index in [2.05, 4.69) is 49.4 Å². The van der Waals surface area contributed by atoms with Gasteiger partial charge < -0.3 is 9.88 Å². The second-order valence-electron chi connectivity index (χ2n) is 5.56.